The minimum Gasteiger partial charge on any atom is -0.330 e. The van der Waals surface area contributed by atoms with Crippen LogP contribution in [0.25, 0.3) is 0 Å². The van der Waals surface area contributed by atoms with E-state index in [9.17, 15) is 4.79 Å². The zero-order valence-corrected chi connectivity index (χ0v) is 13.8. The maximum absolute atomic E-state index is 12.5. The van der Waals surface area contributed by atoms with Gasteiger partial charge in [0.25, 0.3) is 5.91 Å². The topological polar surface area (TPSA) is 59.2 Å². The Morgan fingerprint density at radius 2 is 2.19 bits per heavy atom. The third-order valence-electron chi connectivity index (χ3n) is 3.00. The Balaban J connectivity index is 0.00000220. The number of halogens is 1. The van der Waals surface area contributed by atoms with Crippen LogP contribution in [0.4, 0.5) is 5.69 Å². The normalized spacial score (nSPS) is 10.0. The van der Waals surface area contributed by atoms with Crippen LogP contribution >= 0.6 is 23.7 Å². The first-order valence-corrected chi connectivity index (χ1v) is 7.56. The van der Waals surface area contributed by atoms with E-state index in [-0.39, 0.29) is 18.3 Å². The molecular formula is C15H20ClN3OS. The fraction of sp³-hybridized carbons (Fsp3) is 0.333. The lowest BCUT2D eigenvalue weighted by Gasteiger charge is -2.20. The minimum absolute atomic E-state index is 0. The Hall–Kier alpha value is -1.43. The number of amides is 1. The highest BCUT2D eigenvalue weighted by Gasteiger charge is 2.18. The average Bonchev–Trinajstić information content (AvgIpc) is 2.89. The number of carbonyl (C=O) groups excluding carboxylic acids is 1. The lowest BCUT2D eigenvalue weighted by molar-refractivity contribution is 0.0984. The molecule has 1 aromatic heterocycles. The summed E-state index contributed by atoms with van der Waals surface area (Å²) >= 11 is 1.49. The van der Waals surface area contributed by atoms with Gasteiger partial charge in [0.15, 0.2) is 0 Å². The highest BCUT2D eigenvalue weighted by molar-refractivity contribution is 7.09. The summed E-state index contributed by atoms with van der Waals surface area (Å²) in [4.78, 5) is 18.7. The molecule has 0 saturated heterocycles. The molecule has 1 heterocycles. The van der Waals surface area contributed by atoms with Gasteiger partial charge in [-0.25, -0.2) is 4.98 Å². The highest BCUT2D eigenvalue weighted by Crippen LogP contribution is 2.19. The van der Waals surface area contributed by atoms with Crippen LogP contribution in [0.1, 0.15) is 28.0 Å². The number of carbonyl (C=O) groups is 1. The molecule has 0 atom stereocenters. The van der Waals surface area contributed by atoms with E-state index in [0.717, 1.165) is 16.3 Å². The van der Waals surface area contributed by atoms with Gasteiger partial charge in [0, 0.05) is 24.0 Å². The van der Waals surface area contributed by atoms with Crippen LogP contribution in [0.15, 0.2) is 29.6 Å². The van der Waals surface area contributed by atoms with Crippen LogP contribution in [-0.4, -0.2) is 24.0 Å². The Bertz CT molecular complexity index is 600. The van der Waals surface area contributed by atoms with Gasteiger partial charge in [-0.2, -0.15) is 0 Å². The molecule has 0 spiro atoms. The number of nitrogens with zero attached hydrogens (tertiary/aromatic N) is 2. The van der Waals surface area contributed by atoms with E-state index in [1.165, 1.54) is 11.3 Å². The lowest BCUT2D eigenvalue weighted by atomic mass is 10.2. The van der Waals surface area contributed by atoms with Crippen molar-refractivity contribution >= 4 is 35.3 Å². The number of benzene rings is 1. The fourth-order valence-electron chi connectivity index (χ4n) is 2.02. The van der Waals surface area contributed by atoms with Crippen LogP contribution in [0, 0.1) is 6.92 Å². The number of nitrogens with two attached hydrogens (primary N) is 1. The Morgan fingerprint density at radius 3 is 2.81 bits per heavy atom. The van der Waals surface area contributed by atoms with Gasteiger partial charge in [-0.3, -0.25) is 4.79 Å². The van der Waals surface area contributed by atoms with E-state index >= 15 is 0 Å². The van der Waals surface area contributed by atoms with Crippen molar-refractivity contribution in [2.24, 2.45) is 5.73 Å². The van der Waals surface area contributed by atoms with Crippen LogP contribution in [0.5, 0.6) is 0 Å². The number of aryl methyl sites for hydroxylation is 1. The van der Waals surface area contributed by atoms with Crippen LogP contribution in [-0.2, 0) is 6.42 Å². The average molecular weight is 326 g/mol. The summed E-state index contributed by atoms with van der Waals surface area (Å²) in [7, 11) is 0. The molecule has 4 nitrogen and oxygen atoms in total. The molecular weight excluding hydrogens is 306 g/mol. The molecule has 0 radical (unpaired) electrons. The monoisotopic (exact) mass is 325 g/mol. The highest BCUT2D eigenvalue weighted by atomic mass is 35.5. The summed E-state index contributed by atoms with van der Waals surface area (Å²) in [5.41, 5.74) is 8.06. The van der Waals surface area contributed by atoms with Crippen molar-refractivity contribution in [2.75, 3.05) is 18.0 Å². The number of anilines is 1. The number of rotatable bonds is 5. The first-order valence-electron chi connectivity index (χ1n) is 6.68. The minimum atomic E-state index is -0.0578. The maximum atomic E-state index is 12.5. The van der Waals surface area contributed by atoms with E-state index in [0.29, 0.717) is 25.2 Å². The van der Waals surface area contributed by atoms with Gasteiger partial charge in [-0.15, -0.1) is 23.7 Å². The zero-order valence-electron chi connectivity index (χ0n) is 12.2. The van der Waals surface area contributed by atoms with Gasteiger partial charge >= 0.3 is 0 Å². The Kier molecular flexibility index (Phi) is 6.81. The molecule has 0 unspecified atom stereocenters. The fourth-order valence-corrected chi connectivity index (χ4v) is 2.81. The molecule has 0 aliphatic carbocycles. The summed E-state index contributed by atoms with van der Waals surface area (Å²) < 4.78 is 0. The van der Waals surface area contributed by atoms with Crippen molar-refractivity contribution in [2.45, 2.75) is 20.3 Å². The molecule has 114 valence electrons. The molecule has 2 N–H and O–H groups in total. The maximum Gasteiger partial charge on any atom is 0.277 e. The van der Waals surface area contributed by atoms with Crippen LogP contribution < -0.4 is 10.6 Å². The van der Waals surface area contributed by atoms with Gasteiger partial charge in [0.05, 0.1) is 5.01 Å². The van der Waals surface area contributed by atoms with E-state index in [2.05, 4.69) is 4.98 Å². The van der Waals surface area contributed by atoms with E-state index in [4.69, 9.17) is 5.73 Å². The second kappa shape index (κ2) is 8.12. The van der Waals surface area contributed by atoms with Crippen molar-refractivity contribution in [3.63, 3.8) is 0 Å². The standard InChI is InChI=1S/C15H19N3OS.ClH/c1-3-18(12-6-4-5-11(2)9-12)15(19)13-10-20-14(17-13)7-8-16;/h4-6,9-10H,3,7-8,16H2,1-2H3;1H. The zero-order chi connectivity index (χ0) is 14.5. The molecule has 0 fully saturated rings. The molecule has 21 heavy (non-hydrogen) atoms. The predicted octanol–water partition coefficient (Wildman–Crippen LogP) is 3.04. The first-order chi connectivity index (χ1) is 9.65. The van der Waals surface area contributed by atoms with Crippen molar-refractivity contribution in [1.82, 2.24) is 4.98 Å². The van der Waals surface area contributed by atoms with E-state index in [1.807, 2.05) is 43.5 Å². The second-order valence-electron chi connectivity index (χ2n) is 4.55. The van der Waals surface area contributed by atoms with E-state index < -0.39 is 0 Å². The molecule has 1 aromatic carbocycles. The number of hydrogen-bond donors (Lipinski definition) is 1. The molecule has 6 heteroatoms. The van der Waals surface area contributed by atoms with Crippen LogP contribution in [0.3, 0.4) is 0 Å². The van der Waals surface area contributed by atoms with E-state index in [1.54, 1.807) is 4.90 Å². The van der Waals surface area contributed by atoms with Gasteiger partial charge in [0.2, 0.25) is 0 Å². The summed E-state index contributed by atoms with van der Waals surface area (Å²) in [6.45, 7) is 5.15. The van der Waals surface area contributed by atoms with Gasteiger partial charge in [-0.1, -0.05) is 12.1 Å². The molecule has 2 aromatic rings. The first kappa shape index (κ1) is 17.6. The molecule has 0 aliphatic heterocycles. The third kappa shape index (κ3) is 4.27. The summed E-state index contributed by atoms with van der Waals surface area (Å²) in [5, 5.41) is 2.72. The number of hydrogen-bond acceptors (Lipinski definition) is 4. The van der Waals surface area contributed by atoms with Crippen LogP contribution in [0.2, 0.25) is 0 Å². The Labute approximate surface area is 135 Å². The van der Waals surface area contributed by atoms with Crippen molar-refractivity contribution in [3.8, 4) is 0 Å². The SMILES string of the molecule is CCN(C(=O)c1csc(CCN)n1)c1cccc(C)c1.Cl. The van der Waals surface area contributed by atoms with Gasteiger partial charge < -0.3 is 10.6 Å². The third-order valence-corrected chi connectivity index (χ3v) is 3.91. The summed E-state index contributed by atoms with van der Waals surface area (Å²) in [6.07, 6.45) is 0.717. The summed E-state index contributed by atoms with van der Waals surface area (Å²) in [6, 6.07) is 7.93. The number of thiazole rings is 1. The van der Waals surface area contributed by atoms with Crippen molar-refractivity contribution in [3.05, 3.63) is 45.9 Å². The lowest BCUT2D eigenvalue weighted by Crippen LogP contribution is -2.31. The summed E-state index contributed by atoms with van der Waals surface area (Å²) in [5.74, 6) is -0.0578. The molecule has 1 amide bonds. The molecule has 0 saturated carbocycles. The quantitative estimate of drug-likeness (QED) is 0.919. The molecule has 0 bridgehead atoms. The van der Waals surface area contributed by atoms with Gasteiger partial charge in [0.1, 0.15) is 5.69 Å². The second-order valence-corrected chi connectivity index (χ2v) is 5.50. The van der Waals surface area contributed by atoms with Gasteiger partial charge in [-0.05, 0) is 38.1 Å². The predicted molar refractivity (Wildman–Crippen MR) is 90.6 cm³/mol. The molecule has 2 rings (SSSR count). The largest absolute Gasteiger partial charge is 0.330 e. The Morgan fingerprint density at radius 1 is 1.43 bits per heavy atom. The van der Waals surface area contributed by atoms with Crippen molar-refractivity contribution in [1.29, 1.82) is 0 Å². The molecule has 0 aliphatic rings. The smallest absolute Gasteiger partial charge is 0.277 e. The number of aromatic nitrogens is 1. The van der Waals surface area contributed by atoms with Crippen molar-refractivity contribution < 1.29 is 4.79 Å².